The van der Waals surface area contributed by atoms with Crippen LogP contribution in [-0.2, 0) is 6.42 Å². The van der Waals surface area contributed by atoms with Crippen LogP contribution in [0.5, 0.6) is 0 Å². The molecule has 0 atom stereocenters. The van der Waals surface area contributed by atoms with E-state index in [-0.39, 0.29) is 0 Å². The number of rotatable bonds is 2. The van der Waals surface area contributed by atoms with E-state index in [1.165, 1.54) is 6.07 Å². The Kier molecular flexibility index (Phi) is 3.31. The summed E-state index contributed by atoms with van der Waals surface area (Å²) in [6.45, 7) is 1.76. The molecule has 1 fully saturated rings. The van der Waals surface area contributed by atoms with Crippen molar-refractivity contribution in [1.29, 1.82) is 0 Å². The fraction of sp³-hybridized carbons (Fsp3) is 0.500. The molecule has 1 saturated heterocycles. The highest BCUT2D eigenvalue weighted by Gasteiger charge is 2.16. The molecule has 0 spiro atoms. The second-order valence-corrected chi connectivity index (χ2v) is 4.05. The highest BCUT2D eigenvalue weighted by molar-refractivity contribution is 5.19. The lowest BCUT2D eigenvalue weighted by atomic mass is 9.91. The van der Waals surface area contributed by atoms with Crippen LogP contribution >= 0.6 is 0 Å². The van der Waals surface area contributed by atoms with Crippen LogP contribution < -0.4 is 5.32 Å². The topological polar surface area (TPSA) is 14.1 Å². The predicted molar refractivity (Wildman–Crippen MR) is 54.7 cm³/mol. The van der Waals surface area contributed by atoms with E-state index in [0.717, 1.165) is 32.0 Å². The third kappa shape index (κ3) is 2.75. The van der Waals surface area contributed by atoms with Crippen molar-refractivity contribution in [3.63, 3.8) is 0 Å². The molecule has 0 aliphatic carbocycles. The molecule has 0 amide bonds. The molecule has 81 valence electrons. The summed E-state index contributed by atoms with van der Waals surface area (Å²) in [5.74, 6) is -0.421. The molecule has 0 saturated carbocycles. The van der Waals surface area contributed by atoms with Crippen LogP contribution in [0.1, 0.15) is 18.4 Å². The Balaban J connectivity index is 2.03. The molecule has 1 aromatic carbocycles. The maximum atomic E-state index is 13.3. The summed E-state index contributed by atoms with van der Waals surface area (Å²) in [6.07, 6.45) is 2.76. The van der Waals surface area contributed by atoms with Gasteiger partial charge in [-0.25, -0.2) is 14.1 Å². The Bertz CT molecular complexity index is 332. The zero-order valence-corrected chi connectivity index (χ0v) is 8.55. The zero-order chi connectivity index (χ0) is 10.7. The summed E-state index contributed by atoms with van der Waals surface area (Å²) >= 11 is 0. The highest BCUT2D eigenvalue weighted by Crippen LogP contribution is 2.20. The summed E-state index contributed by atoms with van der Waals surface area (Å²) in [5.41, 5.74) is 0.628. The van der Waals surface area contributed by atoms with E-state index < -0.39 is 11.6 Å². The van der Waals surface area contributed by atoms with Gasteiger partial charge in [-0.15, -0.1) is 0 Å². The van der Waals surface area contributed by atoms with Crippen molar-refractivity contribution in [1.82, 2.24) is 5.32 Å². The Morgan fingerprint density at radius 2 is 1.93 bits per heavy atom. The number of halogens is 2. The van der Waals surface area contributed by atoms with Crippen molar-refractivity contribution in [3.05, 3.63) is 35.4 Å². The first-order valence-corrected chi connectivity index (χ1v) is 5.33. The van der Waals surface area contributed by atoms with Crippen LogP contribution in [0.25, 0.3) is 0 Å². The summed E-state index contributed by atoms with van der Waals surface area (Å²) in [5, 5.41) is 4.25. The molecular weight excluding hydrogens is 196 g/mol. The molecule has 1 aliphatic heterocycles. The van der Waals surface area contributed by atoms with Crippen LogP contribution in [-0.4, -0.2) is 13.1 Å². The van der Waals surface area contributed by atoms with Gasteiger partial charge in [0.15, 0.2) is 0 Å². The summed E-state index contributed by atoms with van der Waals surface area (Å²) < 4.78 is 26.0. The van der Waals surface area contributed by atoms with Crippen LogP contribution in [0.15, 0.2) is 18.2 Å². The van der Waals surface area contributed by atoms with Gasteiger partial charge >= 0.3 is 0 Å². The minimum Gasteiger partial charge on any atom is -0.242 e. The molecule has 2 rings (SSSR count). The summed E-state index contributed by atoms with van der Waals surface area (Å²) in [6, 6.07) is 3.84. The van der Waals surface area contributed by atoms with Gasteiger partial charge in [0.05, 0.1) is 0 Å². The van der Waals surface area contributed by atoms with Crippen LogP contribution in [0, 0.1) is 17.6 Å². The van der Waals surface area contributed by atoms with Gasteiger partial charge in [0, 0.05) is 19.2 Å². The number of piperidine rings is 1. The van der Waals surface area contributed by atoms with Crippen molar-refractivity contribution in [2.45, 2.75) is 19.3 Å². The molecule has 1 radical (unpaired) electrons. The van der Waals surface area contributed by atoms with E-state index >= 15 is 0 Å². The molecule has 0 aromatic heterocycles. The number of hydrogen-bond donors (Lipinski definition) is 0. The van der Waals surface area contributed by atoms with E-state index in [1.54, 1.807) is 6.07 Å². The van der Waals surface area contributed by atoms with Gasteiger partial charge in [0.1, 0.15) is 11.6 Å². The van der Waals surface area contributed by atoms with E-state index in [0.29, 0.717) is 17.9 Å². The molecular formula is C12H14F2N. The molecule has 0 unspecified atom stereocenters. The zero-order valence-electron chi connectivity index (χ0n) is 8.55. The molecule has 1 aliphatic rings. The largest absolute Gasteiger partial charge is 0.242 e. The van der Waals surface area contributed by atoms with Gasteiger partial charge in [0.2, 0.25) is 0 Å². The number of benzene rings is 1. The van der Waals surface area contributed by atoms with Crippen molar-refractivity contribution >= 4 is 0 Å². The Morgan fingerprint density at radius 1 is 1.20 bits per heavy atom. The second kappa shape index (κ2) is 4.71. The predicted octanol–water partition coefficient (Wildman–Crippen LogP) is 2.52. The van der Waals surface area contributed by atoms with Gasteiger partial charge in [-0.2, -0.15) is 0 Å². The quantitative estimate of drug-likeness (QED) is 0.712. The minimum absolute atomic E-state index is 0.419. The van der Waals surface area contributed by atoms with Crippen LogP contribution in [0.2, 0.25) is 0 Å². The van der Waals surface area contributed by atoms with Crippen molar-refractivity contribution < 1.29 is 8.78 Å². The van der Waals surface area contributed by atoms with Crippen LogP contribution in [0.3, 0.4) is 0 Å². The van der Waals surface area contributed by atoms with Crippen molar-refractivity contribution in [2.75, 3.05) is 13.1 Å². The van der Waals surface area contributed by atoms with E-state index in [9.17, 15) is 8.78 Å². The summed E-state index contributed by atoms with van der Waals surface area (Å²) in [7, 11) is 0. The minimum atomic E-state index is -0.505. The molecule has 0 N–H and O–H groups in total. The van der Waals surface area contributed by atoms with Gasteiger partial charge in [-0.3, -0.25) is 0 Å². The lowest BCUT2D eigenvalue weighted by molar-refractivity contribution is 0.363. The smallest absolute Gasteiger partial charge is 0.129 e. The first kappa shape index (κ1) is 10.6. The third-order valence-corrected chi connectivity index (χ3v) is 2.91. The summed E-state index contributed by atoms with van der Waals surface area (Å²) in [4.78, 5) is 0. The average molecular weight is 210 g/mol. The monoisotopic (exact) mass is 210 g/mol. The fourth-order valence-electron chi connectivity index (χ4n) is 2.01. The normalized spacial score (nSPS) is 18.0. The Labute approximate surface area is 88.5 Å². The maximum Gasteiger partial charge on any atom is 0.129 e. The molecule has 1 heterocycles. The van der Waals surface area contributed by atoms with Crippen molar-refractivity contribution in [2.24, 2.45) is 5.92 Å². The van der Waals surface area contributed by atoms with Gasteiger partial charge < -0.3 is 0 Å². The van der Waals surface area contributed by atoms with Crippen LogP contribution in [0.4, 0.5) is 8.78 Å². The van der Waals surface area contributed by atoms with E-state index in [4.69, 9.17) is 0 Å². The SMILES string of the molecule is Fc1ccc(CC2CC[N]CC2)c(F)c1. The first-order valence-electron chi connectivity index (χ1n) is 5.33. The second-order valence-electron chi connectivity index (χ2n) is 4.05. The van der Waals surface area contributed by atoms with Gasteiger partial charge in [-0.05, 0) is 36.8 Å². The van der Waals surface area contributed by atoms with Crippen molar-refractivity contribution in [3.8, 4) is 0 Å². The molecule has 3 heteroatoms. The fourth-order valence-corrected chi connectivity index (χ4v) is 2.01. The molecule has 15 heavy (non-hydrogen) atoms. The Hall–Kier alpha value is -0.960. The first-order chi connectivity index (χ1) is 7.25. The molecule has 1 aromatic rings. The highest BCUT2D eigenvalue weighted by atomic mass is 19.1. The van der Waals surface area contributed by atoms with Gasteiger partial charge in [0.25, 0.3) is 0 Å². The lowest BCUT2D eigenvalue weighted by Gasteiger charge is -2.21. The number of nitrogens with zero attached hydrogens (tertiary/aromatic N) is 1. The molecule has 0 bridgehead atoms. The number of hydrogen-bond acceptors (Lipinski definition) is 0. The van der Waals surface area contributed by atoms with Gasteiger partial charge in [-0.1, -0.05) is 6.07 Å². The maximum absolute atomic E-state index is 13.3. The lowest BCUT2D eigenvalue weighted by Crippen LogP contribution is -2.23. The average Bonchev–Trinajstić information content (AvgIpc) is 2.24. The van der Waals surface area contributed by atoms with E-state index in [2.05, 4.69) is 5.32 Å². The molecule has 1 nitrogen and oxygen atoms in total. The third-order valence-electron chi connectivity index (χ3n) is 2.91. The standard InChI is InChI=1S/C12H14F2N/c13-11-2-1-10(12(14)8-11)7-9-3-5-15-6-4-9/h1-2,8-9H,3-7H2. The van der Waals surface area contributed by atoms with E-state index in [1.807, 2.05) is 0 Å². The Morgan fingerprint density at radius 3 is 2.60 bits per heavy atom.